The minimum atomic E-state index is -5.27. The van der Waals surface area contributed by atoms with E-state index in [4.69, 9.17) is 4.55 Å². The predicted octanol–water partition coefficient (Wildman–Crippen LogP) is 1.11. The highest BCUT2D eigenvalue weighted by Crippen LogP contribution is 2.35. The molecular weight excluding hydrogens is 223 g/mol. The second-order valence-electron chi connectivity index (χ2n) is 2.27. The van der Waals surface area contributed by atoms with Crippen molar-refractivity contribution in [1.29, 1.82) is 0 Å². The number of halogens is 5. The Balaban J connectivity index is 4.78. The number of rotatable bonds is 4. The van der Waals surface area contributed by atoms with Crippen LogP contribution in [0, 0.1) is 0 Å². The second-order valence-corrected chi connectivity index (χ2v) is 3.72. The van der Waals surface area contributed by atoms with E-state index in [-0.39, 0.29) is 0 Å². The molecule has 0 aliphatic heterocycles. The molecule has 0 rings (SSSR count). The van der Waals surface area contributed by atoms with Gasteiger partial charge >= 0.3 is 11.8 Å². The van der Waals surface area contributed by atoms with Crippen LogP contribution in [0.4, 0.5) is 22.0 Å². The average Bonchev–Trinajstić information content (AvgIpc) is 1.81. The molecule has 0 fully saturated rings. The fraction of sp³-hybridized carbons (Fsp3) is 1.00. The van der Waals surface area contributed by atoms with E-state index in [0.29, 0.717) is 0 Å². The van der Waals surface area contributed by atoms with Crippen molar-refractivity contribution >= 4 is 10.1 Å². The zero-order valence-electron chi connectivity index (χ0n) is 5.98. The number of hydrogen-bond donors (Lipinski definition) is 1. The Bertz CT molecular complexity index is 272. The predicted molar refractivity (Wildman–Crippen MR) is 32.3 cm³/mol. The first-order valence-electron chi connectivity index (χ1n) is 2.78. The molecule has 1 N–H and O–H groups in total. The fourth-order valence-electron chi connectivity index (χ4n) is 0.432. The lowest BCUT2D eigenvalue weighted by atomic mass is 10.2. The summed E-state index contributed by atoms with van der Waals surface area (Å²) < 4.78 is 87.1. The maximum Gasteiger partial charge on any atom is 0.338 e. The average molecular weight is 228 g/mol. The van der Waals surface area contributed by atoms with E-state index >= 15 is 0 Å². The zero-order valence-corrected chi connectivity index (χ0v) is 6.79. The minimum Gasteiger partial charge on any atom is -0.285 e. The van der Waals surface area contributed by atoms with E-state index in [2.05, 4.69) is 0 Å². The Morgan fingerprint density at radius 1 is 1.08 bits per heavy atom. The van der Waals surface area contributed by atoms with Crippen molar-refractivity contribution in [3.05, 3.63) is 0 Å². The molecule has 9 heteroatoms. The number of hydrogen-bond acceptors (Lipinski definition) is 2. The Morgan fingerprint density at radius 3 is 1.69 bits per heavy atom. The van der Waals surface area contributed by atoms with Crippen LogP contribution in [0.5, 0.6) is 0 Å². The molecule has 0 spiro atoms. The van der Waals surface area contributed by atoms with E-state index < -0.39 is 34.4 Å². The van der Waals surface area contributed by atoms with Crippen LogP contribution >= 0.6 is 0 Å². The normalized spacial score (nSPS) is 14.6. The van der Waals surface area contributed by atoms with Gasteiger partial charge in [0.2, 0.25) is 0 Å². The van der Waals surface area contributed by atoms with E-state index in [1.54, 1.807) is 0 Å². The van der Waals surface area contributed by atoms with Crippen molar-refractivity contribution in [2.75, 3.05) is 12.4 Å². The summed E-state index contributed by atoms with van der Waals surface area (Å²) in [5.41, 5.74) is 0. The zero-order chi connectivity index (χ0) is 10.9. The van der Waals surface area contributed by atoms with Crippen LogP contribution in [0.1, 0.15) is 0 Å². The van der Waals surface area contributed by atoms with Crippen molar-refractivity contribution in [2.24, 2.45) is 0 Å². The Morgan fingerprint density at radius 2 is 1.46 bits per heavy atom. The summed E-state index contributed by atoms with van der Waals surface area (Å²) in [6.45, 7) is -2.70. The molecule has 80 valence electrons. The van der Waals surface area contributed by atoms with Gasteiger partial charge in [-0.15, -0.1) is 0 Å². The second kappa shape index (κ2) is 3.37. The van der Waals surface area contributed by atoms with Crippen LogP contribution in [0.15, 0.2) is 0 Å². The van der Waals surface area contributed by atoms with Gasteiger partial charge in [-0.3, -0.25) is 4.55 Å². The Labute approximate surface area is 70.3 Å². The van der Waals surface area contributed by atoms with Gasteiger partial charge in [0.05, 0.1) is 0 Å². The molecule has 0 aromatic rings. The van der Waals surface area contributed by atoms with Gasteiger partial charge in [0.15, 0.2) is 6.67 Å². The fourth-order valence-corrected chi connectivity index (χ4v) is 1.10. The molecule has 0 aromatic carbocycles. The lowest BCUT2D eigenvalue weighted by Gasteiger charge is -2.22. The van der Waals surface area contributed by atoms with Gasteiger partial charge < -0.3 is 0 Å². The maximum absolute atomic E-state index is 12.2. The molecule has 0 aliphatic rings. The summed E-state index contributed by atoms with van der Waals surface area (Å²) in [5, 5.41) is 0. The van der Waals surface area contributed by atoms with Crippen LogP contribution in [0.2, 0.25) is 0 Å². The largest absolute Gasteiger partial charge is 0.338 e. The molecule has 0 aliphatic carbocycles. The van der Waals surface area contributed by atoms with Crippen LogP contribution in [-0.4, -0.2) is 37.2 Å². The molecule has 13 heavy (non-hydrogen) atoms. The standard InChI is InChI=1S/C4H5F5O3S/c5-1-3(6,7)4(8,9)2-13(10,11)12/h1-2H2,(H,10,11,12). The number of alkyl halides is 5. The van der Waals surface area contributed by atoms with Gasteiger partial charge in [-0.05, 0) is 0 Å². The third kappa shape index (κ3) is 3.43. The molecule has 0 bridgehead atoms. The van der Waals surface area contributed by atoms with Crippen molar-refractivity contribution in [3.63, 3.8) is 0 Å². The van der Waals surface area contributed by atoms with E-state index in [1.165, 1.54) is 0 Å². The van der Waals surface area contributed by atoms with Gasteiger partial charge in [-0.1, -0.05) is 0 Å². The molecular formula is C4H5F5O3S. The Hall–Kier alpha value is -0.440. The van der Waals surface area contributed by atoms with Gasteiger partial charge in [0.1, 0.15) is 5.75 Å². The summed E-state index contributed by atoms with van der Waals surface area (Å²) in [6.07, 6.45) is 0. The molecule has 0 unspecified atom stereocenters. The van der Waals surface area contributed by atoms with E-state index in [0.717, 1.165) is 0 Å². The van der Waals surface area contributed by atoms with Gasteiger partial charge in [0, 0.05) is 0 Å². The summed E-state index contributed by atoms with van der Waals surface area (Å²) in [7, 11) is -5.27. The summed E-state index contributed by atoms with van der Waals surface area (Å²) >= 11 is 0. The molecule has 0 aromatic heterocycles. The SMILES string of the molecule is O=S(=O)(O)CC(F)(F)C(F)(F)CF. The summed E-state index contributed by atoms with van der Waals surface area (Å²) in [4.78, 5) is 0. The first-order valence-corrected chi connectivity index (χ1v) is 4.39. The van der Waals surface area contributed by atoms with Crippen LogP contribution in [-0.2, 0) is 10.1 Å². The monoisotopic (exact) mass is 228 g/mol. The lowest BCUT2D eigenvalue weighted by molar-refractivity contribution is -0.202. The van der Waals surface area contributed by atoms with Crippen molar-refractivity contribution in [3.8, 4) is 0 Å². The molecule has 0 saturated carbocycles. The lowest BCUT2D eigenvalue weighted by Crippen LogP contribution is -2.47. The topological polar surface area (TPSA) is 54.4 Å². The smallest absolute Gasteiger partial charge is 0.285 e. The molecule has 0 amide bonds. The van der Waals surface area contributed by atoms with Crippen molar-refractivity contribution < 1.29 is 34.9 Å². The van der Waals surface area contributed by atoms with Gasteiger partial charge in [-0.25, -0.2) is 4.39 Å². The first-order chi connectivity index (χ1) is 5.52. The van der Waals surface area contributed by atoms with E-state index in [1.807, 2.05) is 0 Å². The molecule has 3 nitrogen and oxygen atoms in total. The van der Waals surface area contributed by atoms with Gasteiger partial charge in [-0.2, -0.15) is 26.0 Å². The maximum atomic E-state index is 12.2. The third-order valence-corrected chi connectivity index (χ3v) is 1.79. The van der Waals surface area contributed by atoms with Crippen LogP contribution in [0.3, 0.4) is 0 Å². The highest BCUT2D eigenvalue weighted by molar-refractivity contribution is 7.85. The van der Waals surface area contributed by atoms with Crippen molar-refractivity contribution in [1.82, 2.24) is 0 Å². The highest BCUT2D eigenvalue weighted by atomic mass is 32.2. The molecule has 0 atom stereocenters. The molecule has 0 heterocycles. The van der Waals surface area contributed by atoms with Crippen LogP contribution < -0.4 is 0 Å². The van der Waals surface area contributed by atoms with E-state index in [9.17, 15) is 30.4 Å². The minimum absolute atomic E-state index is 2.50. The first kappa shape index (κ1) is 12.6. The quantitative estimate of drug-likeness (QED) is 0.579. The highest BCUT2D eigenvalue weighted by Gasteiger charge is 2.58. The van der Waals surface area contributed by atoms with Crippen LogP contribution in [0.25, 0.3) is 0 Å². The Kier molecular flexibility index (Phi) is 3.26. The van der Waals surface area contributed by atoms with Gasteiger partial charge in [0.25, 0.3) is 10.1 Å². The third-order valence-electron chi connectivity index (χ3n) is 1.07. The summed E-state index contributed by atoms with van der Waals surface area (Å²) in [5.74, 6) is -12.7. The summed E-state index contributed by atoms with van der Waals surface area (Å²) in [6, 6.07) is 0. The van der Waals surface area contributed by atoms with Crippen molar-refractivity contribution in [2.45, 2.75) is 11.8 Å². The molecule has 0 radical (unpaired) electrons. The molecule has 0 saturated heterocycles.